The van der Waals surface area contributed by atoms with E-state index in [9.17, 15) is 4.79 Å². The maximum atomic E-state index is 11.9. The highest BCUT2D eigenvalue weighted by Gasteiger charge is 2.12. The maximum absolute atomic E-state index is 11.9. The van der Waals surface area contributed by atoms with Crippen molar-refractivity contribution in [3.05, 3.63) is 35.4 Å². The van der Waals surface area contributed by atoms with E-state index in [2.05, 4.69) is 10.6 Å². The van der Waals surface area contributed by atoms with Crippen LogP contribution in [0.3, 0.4) is 0 Å². The minimum Gasteiger partial charge on any atom is -0.351 e. The number of aryl methyl sites for hydroxylation is 1. The molecule has 0 heterocycles. The second-order valence-corrected chi connectivity index (χ2v) is 5.83. The predicted molar refractivity (Wildman–Crippen MR) is 83.0 cm³/mol. The summed E-state index contributed by atoms with van der Waals surface area (Å²) in [6.07, 6.45) is 6.90. The molecular formula is C17H26N2O. The molecule has 0 aromatic heterocycles. The molecule has 1 saturated carbocycles. The average Bonchev–Trinajstić information content (AvgIpc) is 2.48. The van der Waals surface area contributed by atoms with E-state index in [0.717, 1.165) is 24.6 Å². The molecule has 0 aliphatic heterocycles. The average molecular weight is 274 g/mol. The van der Waals surface area contributed by atoms with Crippen LogP contribution in [0.25, 0.3) is 0 Å². The van der Waals surface area contributed by atoms with Crippen LogP contribution in [0.5, 0.6) is 0 Å². The molecule has 1 amide bonds. The SMILES string of the molecule is Cc1ccc(C(=O)NCCNCC2CCCCC2)cc1. The largest absolute Gasteiger partial charge is 0.351 e. The van der Waals surface area contributed by atoms with Crippen LogP contribution in [0, 0.1) is 12.8 Å². The Morgan fingerprint density at radius 2 is 1.80 bits per heavy atom. The molecule has 2 rings (SSSR count). The summed E-state index contributed by atoms with van der Waals surface area (Å²) in [6.45, 7) is 4.67. The van der Waals surface area contributed by atoms with E-state index < -0.39 is 0 Å². The Bertz CT molecular complexity index is 408. The van der Waals surface area contributed by atoms with Crippen molar-refractivity contribution in [3.63, 3.8) is 0 Å². The van der Waals surface area contributed by atoms with Gasteiger partial charge in [-0.05, 0) is 44.4 Å². The highest BCUT2D eigenvalue weighted by atomic mass is 16.1. The zero-order valence-corrected chi connectivity index (χ0v) is 12.5. The summed E-state index contributed by atoms with van der Waals surface area (Å²) in [6, 6.07) is 7.69. The van der Waals surface area contributed by atoms with Crippen molar-refractivity contribution in [2.45, 2.75) is 39.0 Å². The molecule has 1 aromatic carbocycles. The van der Waals surface area contributed by atoms with Crippen LogP contribution in [0.1, 0.15) is 48.0 Å². The molecule has 1 aliphatic carbocycles. The quantitative estimate of drug-likeness (QED) is 0.783. The van der Waals surface area contributed by atoms with E-state index >= 15 is 0 Å². The van der Waals surface area contributed by atoms with Gasteiger partial charge in [-0.15, -0.1) is 0 Å². The molecular weight excluding hydrogens is 248 g/mol. The van der Waals surface area contributed by atoms with Crippen molar-refractivity contribution < 1.29 is 4.79 Å². The molecule has 0 radical (unpaired) electrons. The monoisotopic (exact) mass is 274 g/mol. The van der Waals surface area contributed by atoms with Crippen LogP contribution in [-0.4, -0.2) is 25.5 Å². The van der Waals surface area contributed by atoms with Gasteiger partial charge in [0.2, 0.25) is 0 Å². The number of hydrogen-bond donors (Lipinski definition) is 2. The first kappa shape index (κ1) is 15.0. The van der Waals surface area contributed by atoms with Crippen LogP contribution in [-0.2, 0) is 0 Å². The summed E-state index contributed by atoms with van der Waals surface area (Å²) in [4.78, 5) is 11.9. The lowest BCUT2D eigenvalue weighted by Crippen LogP contribution is -2.34. The lowest BCUT2D eigenvalue weighted by Gasteiger charge is -2.21. The molecule has 0 atom stereocenters. The normalized spacial score (nSPS) is 16.1. The molecule has 3 heteroatoms. The first-order valence-electron chi connectivity index (χ1n) is 7.81. The lowest BCUT2D eigenvalue weighted by atomic mass is 9.89. The third kappa shape index (κ3) is 4.97. The van der Waals surface area contributed by atoms with Gasteiger partial charge in [-0.25, -0.2) is 0 Å². The van der Waals surface area contributed by atoms with Crippen molar-refractivity contribution in [3.8, 4) is 0 Å². The summed E-state index contributed by atoms with van der Waals surface area (Å²) >= 11 is 0. The van der Waals surface area contributed by atoms with Crippen molar-refractivity contribution in [2.75, 3.05) is 19.6 Å². The van der Waals surface area contributed by atoms with Gasteiger partial charge in [-0.3, -0.25) is 4.79 Å². The first-order valence-corrected chi connectivity index (χ1v) is 7.81. The number of nitrogens with one attached hydrogen (secondary N) is 2. The van der Waals surface area contributed by atoms with Gasteiger partial charge >= 0.3 is 0 Å². The number of rotatable bonds is 6. The summed E-state index contributed by atoms with van der Waals surface area (Å²) in [5.74, 6) is 0.862. The fourth-order valence-electron chi connectivity index (χ4n) is 2.77. The van der Waals surface area contributed by atoms with Gasteiger partial charge in [0.25, 0.3) is 5.91 Å². The second-order valence-electron chi connectivity index (χ2n) is 5.83. The summed E-state index contributed by atoms with van der Waals surface area (Å²) in [5, 5.41) is 6.41. The molecule has 0 saturated heterocycles. The Kier molecular flexibility index (Phi) is 6.06. The van der Waals surface area contributed by atoms with Gasteiger partial charge in [0, 0.05) is 18.7 Å². The zero-order valence-electron chi connectivity index (χ0n) is 12.5. The Morgan fingerprint density at radius 3 is 2.50 bits per heavy atom. The number of carbonyl (C=O) groups is 1. The lowest BCUT2D eigenvalue weighted by molar-refractivity contribution is 0.0954. The smallest absolute Gasteiger partial charge is 0.251 e. The van der Waals surface area contributed by atoms with E-state index in [1.54, 1.807) is 0 Å². The van der Waals surface area contributed by atoms with Crippen LogP contribution >= 0.6 is 0 Å². The van der Waals surface area contributed by atoms with E-state index in [-0.39, 0.29) is 5.91 Å². The Hall–Kier alpha value is -1.35. The minimum atomic E-state index is 0.0180. The molecule has 0 bridgehead atoms. The van der Waals surface area contributed by atoms with Crippen LogP contribution in [0.15, 0.2) is 24.3 Å². The molecule has 0 unspecified atom stereocenters. The fraction of sp³-hybridized carbons (Fsp3) is 0.588. The second kappa shape index (κ2) is 8.05. The Balaban J connectivity index is 1.58. The molecule has 1 fully saturated rings. The van der Waals surface area contributed by atoms with E-state index in [4.69, 9.17) is 0 Å². The summed E-state index contributed by atoms with van der Waals surface area (Å²) in [5.41, 5.74) is 1.92. The Morgan fingerprint density at radius 1 is 1.10 bits per heavy atom. The minimum absolute atomic E-state index is 0.0180. The number of benzene rings is 1. The van der Waals surface area contributed by atoms with Gasteiger partial charge in [0.15, 0.2) is 0 Å². The van der Waals surface area contributed by atoms with Crippen LogP contribution in [0.2, 0.25) is 0 Å². The van der Waals surface area contributed by atoms with Gasteiger partial charge in [0.05, 0.1) is 0 Å². The van der Waals surface area contributed by atoms with E-state index in [0.29, 0.717) is 6.54 Å². The summed E-state index contributed by atoms with van der Waals surface area (Å²) in [7, 11) is 0. The third-order valence-corrected chi connectivity index (χ3v) is 4.06. The van der Waals surface area contributed by atoms with Crippen molar-refractivity contribution >= 4 is 5.91 Å². The van der Waals surface area contributed by atoms with E-state index in [1.165, 1.54) is 37.7 Å². The van der Waals surface area contributed by atoms with Gasteiger partial charge in [0.1, 0.15) is 0 Å². The maximum Gasteiger partial charge on any atom is 0.251 e. The first-order chi connectivity index (χ1) is 9.75. The molecule has 2 N–H and O–H groups in total. The zero-order chi connectivity index (χ0) is 14.2. The molecule has 0 spiro atoms. The summed E-state index contributed by atoms with van der Waals surface area (Å²) < 4.78 is 0. The van der Waals surface area contributed by atoms with Gasteiger partial charge in [-0.2, -0.15) is 0 Å². The molecule has 1 aliphatic rings. The highest BCUT2D eigenvalue weighted by Crippen LogP contribution is 2.22. The van der Waals surface area contributed by atoms with Crippen molar-refractivity contribution in [1.29, 1.82) is 0 Å². The highest BCUT2D eigenvalue weighted by molar-refractivity contribution is 5.94. The fourth-order valence-corrected chi connectivity index (χ4v) is 2.77. The van der Waals surface area contributed by atoms with Crippen molar-refractivity contribution in [1.82, 2.24) is 10.6 Å². The molecule has 20 heavy (non-hydrogen) atoms. The standard InChI is InChI=1S/C17H26N2O/c1-14-7-9-16(10-8-14)17(20)19-12-11-18-13-15-5-3-2-4-6-15/h7-10,15,18H,2-6,11-13H2,1H3,(H,19,20). The van der Waals surface area contributed by atoms with Crippen LogP contribution in [0.4, 0.5) is 0 Å². The van der Waals surface area contributed by atoms with Crippen molar-refractivity contribution in [2.24, 2.45) is 5.92 Å². The molecule has 1 aromatic rings. The van der Waals surface area contributed by atoms with Crippen LogP contribution < -0.4 is 10.6 Å². The molecule has 110 valence electrons. The predicted octanol–water partition coefficient (Wildman–Crippen LogP) is 2.89. The number of carbonyl (C=O) groups excluding carboxylic acids is 1. The molecule has 3 nitrogen and oxygen atoms in total. The van der Waals surface area contributed by atoms with Gasteiger partial charge < -0.3 is 10.6 Å². The number of amides is 1. The number of hydrogen-bond acceptors (Lipinski definition) is 2. The Labute approximate surface area is 122 Å². The third-order valence-electron chi connectivity index (χ3n) is 4.06. The van der Waals surface area contributed by atoms with Gasteiger partial charge in [-0.1, -0.05) is 37.0 Å². The topological polar surface area (TPSA) is 41.1 Å². The van der Waals surface area contributed by atoms with E-state index in [1.807, 2.05) is 31.2 Å².